The summed E-state index contributed by atoms with van der Waals surface area (Å²) in [4.78, 5) is 16.9. The molecule has 1 amide bonds. The topological polar surface area (TPSA) is 61.4 Å². The third kappa shape index (κ3) is 1.22. The number of H-pyrrole nitrogens is 1. The summed E-state index contributed by atoms with van der Waals surface area (Å²) in [7, 11) is 0. The Balaban J connectivity index is 2.39. The summed E-state index contributed by atoms with van der Waals surface area (Å²) >= 11 is 0. The number of aromatic amines is 1. The number of nitrogens with one attached hydrogen (secondary N) is 1. The second-order valence-electron chi connectivity index (χ2n) is 3.42. The Kier molecular flexibility index (Phi) is 1.83. The Morgan fingerprint density at radius 3 is 3.06 bits per heavy atom. The number of carbonyl (C=O) groups is 1. The first-order valence-electron chi connectivity index (χ1n) is 4.81. The van der Waals surface area contributed by atoms with Crippen molar-refractivity contribution in [2.75, 3.05) is 4.90 Å². The molecule has 16 heavy (non-hydrogen) atoms. The van der Waals surface area contributed by atoms with Crippen molar-refractivity contribution in [3.63, 3.8) is 0 Å². The molecule has 0 unspecified atom stereocenters. The van der Waals surface area contributed by atoms with Gasteiger partial charge in [-0.05, 0) is 12.1 Å². The minimum absolute atomic E-state index is 0.664. The van der Waals surface area contributed by atoms with Gasteiger partial charge in [-0.2, -0.15) is 5.10 Å². The number of hydrogen-bond acceptors (Lipinski definition) is 3. The van der Waals surface area contributed by atoms with E-state index in [-0.39, 0.29) is 0 Å². The van der Waals surface area contributed by atoms with Gasteiger partial charge in [-0.15, -0.1) is 0 Å². The molecular weight excluding hydrogens is 204 g/mol. The lowest BCUT2D eigenvalue weighted by Gasteiger charge is -2.12. The summed E-state index contributed by atoms with van der Waals surface area (Å²) in [5.41, 5.74) is 2.17. The summed E-state index contributed by atoms with van der Waals surface area (Å²) < 4.78 is 0. The van der Waals surface area contributed by atoms with Crippen molar-refractivity contribution >= 4 is 24.0 Å². The molecule has 1 N–H and O–H groups in total. The van der Waals surface area contributed by atoms with Gasteiger partial charge >= 0.3 is 0 Å². The zero-order valence-corrected chi connectivity index (χ0v) is 8.29. The quantitative estimate of drug-likeness (QED) is 0.680. The number of para-hydroxylation sites is 2. The predicted octanol–water partition coefficient (Wildman–Crippen LogP) is 0.0754. The van der Waals surface area contributed by atoms with E-state index in [9.17, 15) is 4.79 Å². The van der Waals surface area contributed by atoms with E-state index in [0.717, 1.165) is 23.0 Å². The molecule has 78 valence electrons. The molecule has 1 aliphatic heterocycles. The zero-order valence-electron chi connectivity index (χ0n) is 8.29. The normalized spacial score (nSPS) is 12.9. The Morgan fingerprint density at radius 2 is 2.19 bits per heavy atom. The number of hydrogen-bond donors (Lipinski definition) is 1. The average molecular weight is 212 g/mol. The Hall–Kier alpha value is -2.43. The molecule has 0 saturated carbocycles. The Labute approximate surface area is 90.7 Å². The molecule has 0 bridgehead atoms. The van der Waals surface area contributed by atoms with Crippen molar-refractivity contribution in [2.24, 2.45) is 4.99 Å². The van der Waals surface area contributed by atoms with Crippen LogP contribution in [0.4, 0.5) is 11.4 Å². The molecule has 0 atom stereocenters. The largest absolute Gasteiger partial charge is 0.287 e. The van der Waals surface area contributed by atoms with Crippen LogP contribution in [0.25, 0.3) is 6.20 Å². The van der Waals surface area contributed by atoms with Crippen LogP contribution >= 0.6 is 0 Å². The first kappa shape index (κ1) is 8.84. The van der Waals surface area contributed by atoms with Gasteiger partial charge in [0.25, 0.3) is 0 Å². The fourth-order valence-corrected chi connectivity index (χ4v) is 1.68. The van der Waals surface area contributed by atoms with Crippen LogP contribution in [0.2, 0.25) is 0 Å². The van der Waals surface area contributed by atoms with Gasteiger partial charge in [-0.1, -0.05) is 12.1 Å². The van der Waals surface area contributed by atoms with Gasteiger partial charge in [0.15, 0.2) is 5.49 Å². The maximum Gasteiger partial charge on any atom is 0.218 e. The first-order valence-corrected chi connectivity index (χ1v) is 4.81. The number of benzene rings is 1. The SMILES string of the molecule is O=CN1C=c2cn[nH]c2=Nc2ccccc21. The molecule has 1 aromatic heterocycles. The highest BCUT2D eigenvalue weighted by molar-refractivity contribution is 5.89. The fraction of sp³-hybridized carbons (Fsp3) is 0. The van der Waals surface area contributed by atoms with Crippen LogP contribution in [0.1, 0.15) is 0 Å². The molecule has 0 fully saturated rings. The van der Waals surface area contributed by atoms with Crippen LogP contribution in [0, 0.1) is 0 Å². The third-order valence-electron chi connectivity index (χ3n) is 2.43. The number of nitrogens with zero attached hydrogens (tertiary/aromatic N) is 3. The first-order chi connectivity index (χ1) is 7.88. The van der Waals surface area contributed by atoms with Crippen molar-refractivity contribution in [2.45, 2.75) is 0 Å². The molecule has 3 rings (SSSR count). The molecule has 1 aliphatic rings. The van der Waals surface area contributed by atoms with E-state index < -0.39 is 0 Å². The highest BCUT2D eigenvalue weighted by Crippen LogP contribution is 2.27. The Morgan fingerprint density at radius 1 is 1.31 bits per heavy atom. The maximum absolute atomic E-state index is 11.0. The van der Waals surface area contributed by atoms with E-state index in [4.69, 9.17) is 0 Å². The molecule has 0 saturated heterocycles. The van der Waals surface area contributed by atoms with Crippen molar-refractivity contribution in [3.05, 3.63) is 41.2 Å². The summed E-state index contributed by atoms with van der Waals surface area (Å²) in [5, 5.41) is 7.48. The van der Waals surface area contributed by atoms with E-state index in [2.05, 4.69) is 15.2 Å². The van der Waals surface area contributed by atoms with Gasteiger partial charge in [0.05, 0.1) is 22.8 Å². The number of amides is 1. The fourth-order valence-electron chi connectivity index (χ4n) is 1.68. The lowest BCUT2D eigenvalue weighted by molar-refractivity contribution is -0.106. The smallest absolute Gasteiger partial charge is 0.218 e. The molecular formula is C11H8N4O. The van der Waals surface area contributed by atoms with Gasteiger partial charge in [0.2, 0.25) is 6.41 Å². The van der Waals surface area contributed by atoms with Crippen LogP contribution in [0.5, 0.6) is 0 Å². The standard InChI is InChI=1S/C11H8N4O/c16-7-15-6-8-5-12-14-11(8)13-9-3-1-2-4-10(9)15/h1-7H,(H,13,14). The minimum atomic E-state index is 0.664. The Bertz CT molecular complexity index is 659. The van der Waals surface area contributed by atoms with Crippen molar-refractivity contribution < 1.29 is 4.79 Å². The molecule has 0 spiro atoms. The van der Waals surface area contributed by atoms with Crippen LogP contribution in [0.3, 0.4) is 0 Å². The minimum Gasteiger partial charge on any atom is -0.287 e. The van der Waals surface area contributed by atoms with E-state index in [0.29, 0.717) is 5.49 Å². The van der Waals surface area contributed by atoms with Crippen LogP contribution in [-0.4, -0.2) is 16.6 Å². The van der Waals surface area contributed by atoms with Gasteiger partial charge in [0, 0.05) is 6.20 Å². The molecule has 2 heterocycles. The summed E-state index contributed by atoms with van der Waals surface area (Å²) in [5.74, 6) is 0. The van der Waals surface area contributed by atoms with E-state index in [1.54, 1.807) is 12.4 Å². The third-order valence-corrected chi connectivity index (χ3v) is 2.43. The van der Waals surface area contributed by atoms with Crippen LogP contribution in [-0.2, 0) is 4.79 Å². The highest BCUT2D eigenvalue weighted by Gasteiger charge is 2.10. The van der Waals surface area contributed by atoms with Gasteiger partial charge in [-0.3, -0.25) is 14.8 Å². The van der Waals surface area contributed by atoms with Crippen molar-refractivity contribution in [3.8, 4) is 0 Å². The monoisotopic (exact) mass is 212 g/mol. The van der Waals surface area contributed by atoms with Crippen molar-refractivity contribution in [1.29, 1.82) is 0 Å². The van der Waals surface area contributed by atoms with E-state index in [1.807, 2.05) is 24.3 Å². The molecule has 2 aromatic rings. The van der Waals surface area contributed by atoms with Gasteiger partial charge < -0.3 is 0 Å². The number of rotatable bonds is 1. The second kappa shape index (κ2) is 3.30. The van der Waals surface area contributed by atoms with E-state index in [1.165, 1.54) is 4.90 Å². The summed E-state index contributed by atoms with van der Waals surface area (Å²) in [6.07, 6.45) is 4.11. The molecule has 1 aromatic carbocycles. The molecule has 5 nitrogen and oxygen atoms in total. The number of aromatic nitrogens is 2. The van der Waals surface area contributed by atoms with E-state index >= 15 is 0 Å². The molecule has 5 heteroatoms. The molecule has 0 aliphatic carbocycles. The van der Waals surface area contributed by atoms with Crippen LogP contribution in [0.15, 0.2) is 35.5 Å². The lowest BCUT2D eigenvalue weighted by Crippen LogP contribution is -2.25. The number of anilines is 1. The maximum atomic E-state index is 11.0. The van der Waals surface area contributed by atoms with Gasteiger partial charge in [-0.25, -0.2) is 4.99 Å². The predicted molar refractivity (Wildman–Crippen MR) is 58.5 cm³/mol. The summed E-state index contributed by atoms with van der Waals surface area (Å²) in [6, 6.07) is 7.46. The van der Waals surface area contributed by atoms with Crippen molar-refractivity contribution in [1.82, 2.24) is 10.2 Å². The number of fused-ring (bicyclic) bond motifs is 2. The zero-order chi connectivity index (χ0) is 11.0. The molecule has 0 radical (unpaired) electrons. The lowest BCUT2D eigenvalue weighted by atomic mass is 10.2. The van der Waals surface area contributed by atoms with Crippen LogP contribution < -0.4 is 15.6 Å². The second-order valence-corrected chi connectivity index (χ2v) is 3.42. The average Bonchev–Trinajstić information content (AvgIpc) is 2.68. The number of carbonyl (C=O) groups excluding carboxylic acids is 1. The van der Waals surface area contributed by atoms with Gasteiger partial charge in [0.1, 0.15) is 0 Å². The summed E-state index contributed by atoms with van der Waals surface area (Å²) in [6.45, 7) is 0. The highest BCUT2D eigenvalue weighted by atomic mass is 16.1.